The van der Waals surface area contributed by atoms with Gasteiger partial charge in [-0.05, 0) is 117 Å². The van der Waals surface area contributed by atoms with E-state index in [0.29, 0.717) is 38.5 Å². The molecule has 5 saturated carbocycles. The highest BCUT2D eigenvalue weighted by Crippen LogP contribution is 2.89. The van der Waals surface area contributed by atoms with E-state index in [-0.39, 0.29) is 29.8 Å². The Labute approximate surface area is 444 Å². The number of carbonyl (C=O) groups is 7. The summed E-state index contributed by atoms with van der Waals surface area (Å²) in [5.41, 5.74) is -4.25. The molecule has 8 rings (SSSR count). The third kappa shape index (κ3) is 10.2. The standard InChI is InChI=1S/C55H82O21/c1-26(56)65-23-36-40(68-28(3)58)42(70-30(5)60)44(72-32(7)62)48(74-36)73-34-21-37-52(13)22-33(63)45(53(14)17-15-39(76-53)50(10,11)64)51(52,12)19-20-54(37)25-55(54)18-16-38(49(8,9)46(34)55)75-47-43(71-31(6)61)41(69-29(4)59)35(24-66-47)67-27(2)57/h33-48,63-64H,15-25H2,1-14H3/t33-,34-,35+,36+,37-,38-,39-,40+,41-,42-,43+,44+,45-,46-,47?,48?,51+,52-,53+,54-,55+/m0/s1. The van der Waals surface area contributed by atoms with Crippen molar-refractivity contribution < 1.29 is 101 Å². The lowest BCUT2D eigenvalue weighted by atomic mass is 9.41. The van der Waals surface area contributed by atoms with Gasteiger partial charge in [0.05, 0.1) is 42.2 Å². The normalized spacial score (nSPS) is 45.1. The smallest absolute Gasteiger partial charge is 0.303 e. The number of hydrogen-bond acceptors (Lipinski definition) is 21. The van der Waals surface area contributed by atoms with Crippen molar-refractivity contribution in [2.75, 3.05) is 13.2 Å². The molecule has 0 aromatic carbocycles. The molecule has 0 bridgehead atoms. The van der Waals surface area contributed by atoms with Gasteiger partial charge >= 0.3 is 41.8 Å². The Hall–Kier alpha value is -3.99. The first-order valence-electron chi connectivity index (χ1n) is 27.1. The summed E-state index contributed by atoms with van der Waals surface area (Å²) in [6.45, 7) is 21.9. The van der Waals surface area contributed by atoms with E-state index in [1.165, 1.54) is 34.6 Å². The summed E-state index contributed by atoms with van der Waals surface area (Å²) in [4.78, 5) is 88.6. The van der Waals surface area contributed by atoms with Gasteiger partial charge < -0.3 is 67.1 Å². The Kier molecular flexibility index (Phi) is 15.8. The van der Waals surface area contributed by atoms with E-state index in [2.05, 4.69) is 34.6 Å². The van der Waals surface area contributed by atoms with Crippen molar-refractivity contribution in [1.29, 1.82) is 0 Å². The highest BCUT2D eigenvalue weighted by molar-refractivity contribution is 5.69. The third-order valence-corrected chi connectivity index (χ3v) is 19.6. The Morgan fingerprint density at radius 2 is 1.16 bits per heavy atom. The van der Waals surface area contributed by atoms with E-state index in [0.717, 1.165) is 33.1 Å². The van der Waals surface area contributed by atoms with Crippen molar-refractivity contribution in [3.05, 3.63) is 0 Å². The topological polar surface area (TPSA) is 271 Å². The van der Waals surface area contributed by atoms with Gasteiger partial charge in [0.1, 0.15) is 12.7 Å². The number of ether oxygens (including phenoxy) is 12. The first-order valence-corrected chi connectivity index (χ1v) is 27.1. The van der Waals surface area contributed by atoms with E-state index in [4.69, 9.17) is 56.8 Å². The number of fused-ring (bicyclic) bond motifs is 2. The number of hydrogen-bond donors (Lipinski definition) is 2. The minimum Gasteiger partial charge on any atom is -0.463 e. The largest absolute Gasteiger partial charge is 0.463 e. The molecule has 2 N–H and O–H groups in total. The van der Waals surface area contributed by atoms with Gasteiger partial charge in [0, 0.05) is 54.4 Å². The molecule has 3 heterocycles. The van der Waals surface area contributed by atoms with E-state index in [9.17, 15) is 43.8 Å². The van der Waals surface area contributed by atoms with Gasteiger partial charge in [0.2, 0.25) is 0 Å². The minimum absolute atomic E-state index is 0.0635. The molecule has 5 aliphatic carbocycles. The summed E-state index contributed by atoms with van der Waals surface area (Å²) in [6.07, 6.45) is -8.95. The van der Waals surface area contributed by atoms with Crippen molar-refractivity contribution in [2.45, 2.75) is 246 Å². The van der Waals surface area contributed by atoms with Gasteiger partial charge in [-0.3, -0.25) is 33.6 Å². The second-order valence-corrected chi connectivity index (χ2v) is 25.2. The second-order valence-electron chi connectivity index (χ2n) is 25.2. The lowest BCUT2D eigenvalue weighted by Gasteiger charge is -2.65. The van der Waals surface area contributed by atoms with E-state index in [1.54, 1.807) is 13.8 Å². The zero-order valence-corrected chi connectivity index (χ0v) is 46.7. The van der Waals surface area contributed by atoms with Crippen LogP contribution in [0.25, 0.3) is 0 Å². The number of carbonyl (C=O) groups excluding carboxylic acids is 7. The first-order chi connectivity index (χ1) is 35.2. The first kappa shape index (κ1) is 58.2. The Morgan fingerprint density at radius 3 is 1.72 bits per heavy atom. The summed E-state index contributed by atoms with van der Waals surface area (Å²) in [5.74, 6) is -5.81. The molecule has 0 aromatic heterocycles. The average molecular weight is 1080 g/mol. The van der Waals surface area contributed by atoms with Crippen molar-refractivity contribution in [1.82, 2.24) is 0 Å². The van der Waals surface area contributed by atoms with Gasteiger partial charge in [0.25, 0.3) is 0 Å². The number of aliphatic hydroxyl groups excluding tert-OH is 1. The molecular formula is C55H82O21. The maximum atomic E-state index is 13.1. The quantitative estimate of drug-likeness (QED) is 0.135. The molecule has 0 aromatic rings. The van der Waals surface area contributed by atoms with Crippen LogP contribution in [0.1, 0.15) is 155 Å². The summed E-state index contributed by atoms with van der Waals surface area (Å²) in [7, 11) is 0. The summed E-state index contributed by atoms with van der Waals surface area (Å²) in [6, 6.07) is 0. The molecule has 3 aliphatic heterocycles. The van der Waals surface area contributed by atoms with Gasteiger partial charge in [-0.2, -0.15) is 0 Å². The maximum absolute atomic E-state index is 13.1. The van der Waals surface area contributed by atoms with Crippen LogP contribution in [0, 0.1) is 44.8 Å². The number of esters is 7. The van der Waals surface area contributed by atoms with Crippen molar-refractivity contribution >= 4 is 41.8 Å². The molecule has 2 spiro atoms. The molecule has 76 heavy (non-hydrogen) atoms. The highest BCUT2D eigenvalue weighted by Gasteiger charge is 2.85. The summed E-state index contributed by atoms with van der Waals surface area (Å²) >= 11 is 0. The number of aliphatic hydroxyl groups is 2. The Bertz CT molecular complexity index is 2280. The van der Waals surface area contributed by atoms with Crippen molar-refractivity contribution in [3.63, 3.8) is 0 Å². The van der Waals surface area contributed by atoms with Crippen LogP contribution >= 0.6 is 0 Å². The fraction of sp³-hybridized carbons (Fsp3) is 0.873. The summed E-state index contributed by atoms with van der Waals surface area (Å²) < 4.78 is 74.1. The number of rotatable bonds is 14. The van der Waals surface area contributed by atoms with Crippen LogP contribution in [0.4, 0.5) is 0 Å². The predicted molar refractivity (Wildman–Crippen MR) is 261 cm³/mol. The molecule has 3 saturated heterocycles. The van der Waals surface area contributed by atoms with Crippen LogP contribution in [-0.2, 0) is 90.4 Å². The molecular weight excluding hydrogens is 997 g/mol. The van der Waals surface area contributed by atoms with Crippen LogP contribution in [0.15, 0.2) is 0 Å². The maximum Gasteiger partial charge on any atom is 0.303 e. The van der Waals surface area contributed by atoms with Crippen LogP contribution in [0.3, 0.4) is 0 Å². The lowest BCUT2D eigenvalue weighted by molar-refractivity contribution is -0.341. The van der Waals surface area contributed by atoms with E-state index < -0.39 is 161 Å². The zero-order valence-electron chi connectivity index (χ0n) is 46.7. The van der Waals surface area contributed by atoms with Gasteiger partial charge in [0.15, 0.2) is 49.2 Å². The summed E-state index contributed by atoms with van der Waals surface area (Å²) in [5, 5.41) is 23.7. The fourth-order valence-electron chi connectivity index (χ4n) is 16.9. The lowest BCUT2D eigenvalue weighted by Crippen LogP contribution is -2.66. The molecule has 8 aliphatic rings. The molecule has 0 amide bonds. The van der Waals surface area contributed by atoms with Gasteiger partial charge in [-0.1, -0.05) is 27.7 Å². The van der Waals surface area contributed by atoms with Crippen molar-refractivity contribution in [2.24, 2.45) is 44.8 Å². The second kappa shape index (κ2) is 20.6. The molecule has 21 atom stereocenters. The van der Waals surface area contributed by atoms with E-state index in [1.807, 2.05) is 0 Å². The van der Waals surface area contributed by atoms with Crippen LogP contribution in [0.5, 0.6) is 0 Å². The van der Waals surface area contributed by atoms with Crippen LogP contribution in [0.2, 0.25) is 0 Å². The molecule has 8 fully saturated rings. The molecule has 21 heteroatoms. The monoisotopic (exact) mass is 1080 g/mol. The average Bonchev–Trinajstić information content (AvgIpc) is 3.71. The highest BCUT2D eigenvalue weighted by atomic mass is 16.7. The zero-order chi connectivity index (χ0) is 56.0. The van der Waals surface area contributed by atoms with Crippen LogP contribution in [-0.4, -0.2) is 156 Å². The molecule has 21 nitrogen and oxygen atoms in total. The minimum atomic E-state index is -1.50. The predicted octanol–water partition coefficient (Wildman–Crippen LogP) is 4.72. The Morgan fingerprint density at radius 1 is 0.592 bits per heavy atom. The Balaban J connectivity index is 1.22. The van der Waals surface area contributed by atoms with Gasteiger partial charge in [-0.25, -0.2) is 0 Å². The SMILES string of the molecule is CC(=O)OC[C@H]1OC(O[C@H]2C[C@@H]3[C@]4(CC[C@]5(C)[C@@H]([C@@]6(C)CC[C@@H](C(C)(C)O)O6)[C@@H](O)C[C@@]35C)C[C@@]43CC[C@H](OC4OC[C@@H](OC(C)=O)[C@H](OC(C)=O)[C@H]4OC(C)=O)C(C)(C)[C@H]23)[C@H](OC(C)=O)[C@@H](OC(C)=O)[C@@H]1OC(C)=O. The van der Waals surface area contributed by atoms with Crippen LogP contribution < -0.4 is 0 Å². The molecule has 428 valence electrons. The fourth-order valence-corrected chi connectivity index (χ4v) is 16.9. The third-order valence-electron chi connectivity index (χ3n) is 19.6. The van der Waals surface area contributed by atoms with Crippen molar-refractivity contribution in [3.8, 4) is 0 Å². The molecule has 0 radical (unpaired) electrons. The van der Waals surface area contributed by atoms with E-state index >= 15 is 0 Å². The van der Waals surface area contributed by atoms with Gasteiger partial charge in [-0.15, -0.1) is 0 Å². The molecule has 2 unspecified atom stereocenters.